The van der Waals surface area contributed by atoms with Gasteiger partial charge in [-0.3, -0.25) is 9.59 Å². The fourth-order valence-electron chi connectivity index (χ4n) is 10.3. The standard InChI is InChI=1S/C67H130O5/c1-4-7-10-13-16-19-22-25-28-31-33-35-38-41-44-47-50-53-56-59-62-70-63-65(72-67(69)61-58-55-52-49-46-43-40-36-30-27-24-21-18-15-12-9-6-3)64-71-66(68)60-57-54-51-48-45-42-39-37-34-32-29-26-23-20-17-14-11-8-5-2/h25,28,65H,4-24,26-27,29-64H2,1-3H3/b28-25-. The first-order valence-electron chi connectivity index (χ1n) is 33.2. The van der Waals surface area contributed by atoms with Gasteiger partial charge in [-0.15, -0.1) is 0 Å². The second kappa shape index (κ2) is 63.9. The van der Waals surface area contributed by atoms with E-state index >= 15 is 0 Å². The molecular weight excluding hydrogens is 885 g/mol. The smallest absolute Gasteiger partial charge is 0.306 e. The number of unbranched alkanes of at least 4 members (excludes halogenated alkanes) is 50. The minimum Gasteiger partial charge on any atom is -0.462 e. The third-order valence-electron chi connectivity index (χ3n) is 15.3. The van der Waals surface area contributed by atoms with Crippen LogP contribution in [0.4, 0.5) is 0 Å². The molecule has 0 radical (unpaired) electrons. The quantitative estimate of drug-likeness (QED) is 0.0345. The highest BCUT2D eigenvalue weighted by atomic mass is 16.6. The highest BCUT2D eigenvalue weighted by Crippen LogP contribution is 2.18. The lowest BCUT2D eigenvalue weighted by Gasteiger charge is -2.18. The predicted octanol–water partition coefficient (Wildman–Crippen LogP) is 22.9. The molecule has 0 aromatic carbocycles. The van der Waals surface area contributed by atoms with Crippen molar-refractivity contribution in [2.75, 3.05) is 19.8 Å². The molecule has 5 heteroatoms. The second-order valence-electron chi connectivity index (χ2n) is 22.7. The first-order valence-corrected chi connectivity index (χ1v) is 33.2. The number of esters is 2. The summed E-state index contributed by atoms with van der Waals surface area (Å²) in [7, 11) is 0. The fraction of sp³-hybridized carbons (Fsp3) is 0.940. The molecule has 0 aliphatic carbocycles. The Morgan fingerprint density at radius 1 is 0.292 bits per heavy atom. The average molecular weight is 1020 g/mol. The zero-order valence-electron chi connectivity index (χ0n) is 49.5. The van der Waals surface area contributed by atoms with Crippen LogP contribution in [0.2, 0.25) is 0 Å². The summed E-state index contributed by atoms with van der Waals surface area (Å²) < 4.78 is 17.6. The summed E-state index contributed by atoms with van der Waals surface area (Å²) >= 11 is 0. The maximum Gasteiger partial charge on any atom is 0.306 e. The van der Waals surface area contributed by atoms with Crippen molar-refractivity contribution in [2.24, 2.45) is 0 Å². The van der Waals surface area contributed by atoms with Crippen molar-refractivity contribution in [3.8, 4) is 0 Å². The molecule has 0 saturated heterocycles. The summed E-state index contributed by atoms with van der Waals surface area (Å²) in [5.74, 6) is -0.363. The lowest BCUT2D eigenvalue weighted by atomic mass is 10.0. The van der Waals surface area contributed by atoms with Crippen LogP contribution in [0.3, 0.4) is 0 Å². The van der Waals surface area contributed by atoms with Gasteiger partial charge in [0.2, 0.25) is 0 Å². The van der Waals surface area contributed by atoms with E-state index in [0.717, 1.165) is 32.1 Å². The van der Waals surface area contributed by atoms with Gasteiger partial charge in [0.1, 0.15) is 6.61 Å². The van der Waals surface area contributed by atoms with E-state index in [1.54, 1.807) is 0 Å². The molecule has 0 rings (SSSR count). The van der Waals surface area contributed by atoms with E-state index in [1.165, 1.54) is 315 Å². The van der Waals surface area contributed by atoms with Crippen molar-refractivity contribution < 1.29 is 23.8 Å². The molecule has 0 aliphatic rings. The van der Waals surface area contributed by atoms with Gasteiger partial charge < -0.3 is 14.2 Å². The van der Waals surface area contributed by atoms with Gasteiger partial charge in [0.15, 0.2) is 6.10 Å². The van der Waals surface area contributed by atoms with Gasteiger partial charge in [-0.1, -0.05) is 335 Å². The topological polar surface area (TPSA) is 61.8 Å². The van der Waals surface area contributed by atoms with Gasteiger partial charge >= 0.3 is 11.9 Å². The van der Waals surface area contributed by atoms with Gasteiger partial charge in [-0.05, 0) is 44.9 Å². The molecular formula is C67H130O5. The molecule has 72 heavy (non-hydrogen) atoms. The fourth-order valence-corrected chi connectivity index (χ4v) is 10.3. The van der Waals surface area contributed by atoms with Crippen molar-refractivity contribution >= 4 is 11.9 Å². The molecule has 0 fully saturated rings. The maximum atomic E-state index is 12.9. The third kappa shape index (κ3) is 61.2. The molecule has 0 aromatic rings. The first-order chi connectivity index (χ1) is 35.6. The molecule has 0 bridgehead atoms. The minimum absolute atomic E-state index is 0.0959. The monoisotopic (exact) mass is 1010 g/mol. The predicted molar refractivity (Wildman–Crippen MR) is 316 cm³/mol. The maximum absolute atomic E-state index is 12.9. The van der Waals surface area contributed by atoms with E-state index in [1.807, 2.05) is 0 Å². The average Bonchev–Trinajstić information content (AvgIpc) is 3.38. The van der Waals surface area contributed by atoms with Gasteiger partial charge in [-0.25, -0.2) is 0 Å². The minimum atomic E-state index is -0.529. The Kier molecular flexibility index (Phi) is 62.7. The van der Waals surface area contributed by atoms with Gasteiger partial charge in [-0.2, -0.15) is 0 Å². The highest BCUT2D eigenvalue weighted by molar-refractivity contribution is 5.70. The van der Waals surface area contributed by atoms with E-state index in [9.17, 15) is 9.59 Å². The first kappa shape index (κ1) is 70.6. The Balaban J connectivity index is 4.19. The second-order valence-corrected chi connectivity index (χ2v) is 22.7. The van der Waals surface area contributed by atoms with Crippen LogP contribution >= 0.6 is 0 Å². The van der Waals surface area contributed by atoms with E-state index in [0.29, 0.717) is 26.1 Å². The molecule has 0 amide bonds. The molecule has 0 aliphatic heterocycles. The molecule has 0 saturated carbocycles. The van der Waals surface area contributed by atoms with Crippen LogP contribution in [-0.2, 0) is 23.8 Å². The summed E-state index contributed by atoms with van der Waals surface area (Å²) in [5, 5.41) is 0. The third-order valence-corrected chi connectivity index (χ3v) is 15.3. The van der Waals surface area contributed by atoms with Crippen LogP contribution in [0.25, 0.3) is 0 Å². The lowest BCUT2D eigenvalue weighted by molar-refractivity contribution is -0.163. The van der Waals surface area contributed by atoms with Crippen molar-refractivity contribution in [2.45, 2.75) is 386 Å². The zero-order valence-corrected chi connectivity index (χ0v) is 49.5. The molecule has 5 nitrogen and oxygen atoms in total. The van der Waals surface area contributed by atoms with Crippen LogP contribution in [0.5, 0.6) is 0 Å². The number of carbonyl (C=O) groups excluding carboxylic acids is 2. The Hall–Kier alpha value is -1.36. The summed E-state index contributed by atoms with van der Waals surface area (Å²) in [6.07, 6.45) is 76.9. The number of ether oxygens (including phenoxy) is 3. The summed E-state index contributed by atoms with van der Waals surface area (Å²) in [6.45, 7) is 7.93. The largest absolute Gasteiger partial charge is 0.462 e. The SMILES string of the molecule is CCCCCCCC/C=C\CCCCCCCCCCCCOCC(COC(=O)CCCCCCCCCCCCCCCCCCCCC)OC(=O)CCCCCCCCCCCCCCCCCCC. The normalized spacial score (nSPS) is 12.1. The highest BCUT2D eigenvalue weighted by Gasteiger charge is 2.18. The molecule has 0 heterocycles. The molecule has 428 valence electrons. The van der Waals surface area contributed by atoms with E-state index in [2.05, 4.69) is 32.9 Å². The Morgan fingerprint density at radius 2 is 0.542 bits per heavy atom. The van der Waals surface area contributed by atoms with Crippen LogP contribution in [0.15, 0.2) is 12.2 Å². The van der Waals surface area contributed by atoms with Crippen LogP contribution < -0.4 is 0 Å². The Bertz CT molecular complexity index is 1060. The van der Waals surface area contributed by atoms with Gasteiger partial charge in [0.25, 0.3) is 0 Å². The lowest BCUT2D eigenvalue weighted by Crippen LogP contribution is -2.30. The van der Waals surface area contributed by atoms with E-state index < -0.39 is 6.10 Å². The number of hydrogen-bond donors (Lipinski definition) is 0. The zero-order chi connectivity index (χ0) is 52.0. The summed E-state index contributed by atoms with van der Waals surface area (Å²) in [5.41, 5.74) is 0. The number of allylic oxidation sites excluding steroid dienone is 2. The molecule has 0 aromatic heterocycles. The summed E-state index contributed by atoms with van der Waals surface area (Å²) in [4.78, 5) is 25.6. The van der Waals surface area contributed by atoms with Crippen LogP contribution in [-0.4, -0.2) is 37.9 Å². The molecule has 1 atom stereocenters. The van der Waals surface area contributed by atoms with Crippen molar-refractivity contribution in [1.29, 1.82) is 0 Å². The Labute approximate surface area is 452 Å². The van der Waals surface area contributed by atoms with Gasteiger partial charge in [0.05, 0.1) is 6.61 Å². The summed E-state index contributed by atoms with van der Waals surface area (Å²) in [6, 6.07) is 0. The molecule has 0 N–H and O–H groups in total. The van der Waals surface area contributed by atoms with E-state index in [-0.39, 0.29) is 18.5 Å². The van der Waals surface area contributed by atoms with Crippen molar-refractivity contribution in [3.63, 3.8) is 0 Å². The number of hydrogen-bond acceptors (Lipinski definition) is 5. The van der Waals surface area contributed by atoms with Crippen LogP contribution in [0, 0.1) is 0 Å². The van der Waals surface area contributed by atoms with Gasteiger partial charge in [0, 0.05) is 19.4 Å². The van der Waals surface area contributed by atoms with E-state index in [4.69, 9.17) is 14.2 Å². The Morgan fingerprint density at radius 3 is 0.847 bits per heavy atom. The van der Waals surface area contributed by atoms with Crippen molar-refractivity contribution in [1.82, 2.24) is 0 Å². The van der Waals surface area contributed by atoms with Crippen molar-refractivity contribution in [3.05, 3.63) is 12.2 Å². The molecule has 0 spiro atoms. The molecule has 1 unspecified atom stereocenters. The van der Waals surface area contributed by atoms with Crippen LogP contribution in [0.1, 0.15) is 380 Å². The number of rotatable bonds is 63. The number of carbonyl (C=O) groups is 2.